The number of unbranched alkanes of at least 4 members (excludes halogenated alkanes) is 1. The Morgan fingerprint density at radius 1 is 1.17 bits per heavy atom. The van der Waals surface area contributed by atoms with E-state index in [1.807, 2.05) is 30.3 Å². The Kier molecular flexibility index (Phi) is 9.50. The lowest BCUT2D eigenvalue weighted by Gasteiger charge is -2.28. The summed E-state index contributed by atoms with van der Waals surface area (Å²) in [5.74, 6) is 0.240. The molecule has 4 rings (SSSR count). The average Bonchev–Trinajstić information content (AvgIpc) is 3.52. The molecule has 0 radical (unpaired) electrons. The van der Waals surface area contributed by atoms with Crippen LogP contribution in [0.5, 0.6) is 11.6 Å². The maximum absolute atomic E-state index is 14.6. The zero-order chi connectivity index (χ0) is 25.3. The minimum Gasteiger partial charge on any atom is -0.435 e. The van der Waals surface area contributed by atoms with Crippen molar-refractivity contribution in [1.29, 1.82) is 0 Å². The molecule has 1 aromatic heterocycles. The van der Waals surface area contributed by atoms with Crippen LogP contribution in [0.15, 0.2) is 54.6 Å². The number of halogens is 1. The van der Waals surface area contributed by atoms with Gasteiger partial charge in [0.1, 0.15) is 0 Å². The highest BCUT2D eigenvalue weighted by molar-refractivity contribution is 5.44. The molecular weight excluding hydrogens is 457 g/mol. The first-order valence-electron chi connectivity index (χ1n) is 13.2. The van der Waals surface area contributed by atoms with Crippen LogP contribution in [0.25, 0.3) is 5.69 Å². The van der Waals surface area contributed by atoms with Gasteiger partial charge in [-0.15, -0.1) is 0 Å². The van der Waals surface area contributed by atoms with Gasteiger partial charge in [0.25, 0.3) is 0 Å². The number of aliphatic hydroxyl groups is 1. The van der Waals surface area contributed by atoms with Gasteiger partial charge in [0.15, 0.2) is 11.6 Å². The van der Waals surface area contributed by atoms with Gasteiger partial charge in [0, 0.05) is 26.2 Å². The van der Waals surface area contributed by atoms with Crippen LogP contribution in [0.2, 0.25) is 0 Å². The van der Waals surface area contributed by atoms with Crippen LogP contribution < -0.4 is 4.74 Å². The Morgan fingerprint density at radius 3 is 2.64 bits per heavy atom. The number of aliphatic hydroxyl groups excluding tert-OH is 1. The molecule has 3 aromatic rings. The van der Waals surface area contributed by atoms with Gasteiger partial charge in [-0.1, -0.05) is 57.0 Å². The standard InChI is InChI=1S/C29H38FN3O3/c1-3-5-14-23(34)19-32(20-24-15-11-18-35-24)21-25-27(4-2)31-33(22-12-7-6-8-13-22)29(25)36-28-17-10-9-16-26(28)30/h6-10,12-13,16-17,23-24,34H,3-5,11,14-15,18-21H2,1-2H3. The summed E-state index contributed by atoms with van der Waals surface area (Å²) in [5.41, 5.74) is 2.65. The molecule has 7 heteroatoms. The SMILES string of the molecule is CCCCC(O)CN(Cc1c(CC)nn(-c2ccccc2)c1Oc1ccccc1F)CC1CCCO1. The summed E-state index contributed by atoms with van der Waals surface area (Å²) in [4.78, 5) is 2.25. The number of ether oxygens (including phenoxy) is 2. The van der Waals surface area contributed by atoms with Gasteiger partial charge in [-0.05, 0) is 49.9 Å². The van der Waals surface area contributed by atoms with Crippen molar-refractivity contribution in [3.8, 4) is 17.3 Å². The summed E-state index contributed by atoms with van der Waals surface area (Å²) >= 11 is 0. The van der Waals surface area contributed by atoms with Crippen molar-refractivity contribution >= 4 is 0 Å². The van der Waals surface area contributed by atoms with Crippen LogP contribution in [0.4, 0.5) is 4.39 Å². The van der Waals surface area contributed by atoms with Crippen LogP contribution in [0.3, 0.4) is 0 Å². The molecule has 0 saturated carbocycles. The van der Waals surface area contributed by atoms with E-state index < -0.39 is 11.9 Å². The van der Waals surface area contributed by atoms with Crippen molar-refractivity contribution in [2.45, 2.75) is 71.1 Å². The lowest BCUT2D eigenvalue weighted by molar-refractivity contribution is 0.0433. The zero-order valence-corrected chi connectivity index (χ0v) is 21.4. The van der Waals surface area contributed by atoms with Gasteiger partial charge >= 0.3 is 0 Å². The number of hydrogen-bond acceptors (Lipinski definition) is 5. The third-order valence-corrected chi connectivity index (χ3v) is 6.63. The zero-order valence-electron chi connectivity index (χ0n) is 21.4. The molecule has 1 saturated heterocycles. The van der Waals surface area contributed by atoms with E-state index in [0.717, 1.165) is 62.2 Å². The monoisotopic (exact) mass is 495 g/mol. The van der Waals surface area contributed by atoms with Crippen molar-refractivity contribution in [2.24, 2.45) is 0 Å². The van der Waals surface area contributed by atoms with Crippen molar-refractivity contribution < 1.29 is 19.0 Å². The van der Waals surface area contributed by atoms with E-state index in [4.69, 9.17) is 14.6 Å². The number of aromatic nitrogens is 2. The molecule has 1 N–H and O–H groups in total. The van der Waals surface area contributed by atoms with E-state index in [2.05, 4.69) is 18.7 Å². The average molecular weight is 496 g/mol. The molecule has 0 aliphatic carbocycles. The number of hydrogen-bond donors (Lipinski definition) is 1. The Bertz CT molecular complexity index is 1080. The van der Waals surface area contributed by atoms with Crippen LogP contribution in [-0.4, -0.2) is 51.7 Å². The minimum absolute atomic E-state index is 0.147. The second-order valence-corrected chi connectivity index (χ2v) is 9.49. The molecule has 0 bridgehead atoms. The molecule has 2 atom stereocenters. The van der Waals surface area contributed by atoms with Gasteiger partial charge in [-0.3, -0.25) is 4.90 Å². The highest BCUT2D eigenvalue weighted by Gasteiger charge is 2.27. The topological polar surface area (TPSA) is 59.8 Å². The van der Waals surface area contributed by atoms with Gasteiger partial charge in [-0.25, -0.2) is 9.07 Å². The third kappa shape index (κ3) is 6.72. The summed E-state index contributed by atoms with van der Waals surface area (Å²) in [7, 11) is 0. The quantitative estimate of drug-likeness (QED) is 0.320. The lowest BCUT2D eigenvalue weighted by atomic mass is 10.1. The normalized spacial score (nSPS) is 16.5. The first kappa shape index (κ1) is 26.3. The maximum Gasteiger partial charge on any atom is 0.227 e. The molecule has 36 heavy (non-hydrogen) atoms. The van der Waals surface area contributed by atoms with Gasteiger partial charge < -0.3 is 14.6 Å². The smallest absolute Gasteiger partial charge is 0.227 e. The highest BCUT2D eigenvalue weighted by atomic mass is 19.1. The van der Waals surface area contributed by atoms with Crippen molar-refractivity contribution in [2.75, 3.05) is 19.7 Å². The molecule has 1 aliphatic rings. The molecule has 2 unspecified atom stereocenters. The molecule has 1 aliphatic heterocycles. The largest absolute Gasteiger partial charge is 0.435 e. The number of benzene rings is 2. The fraction of sp³-hybridized carbons (Fsp3) is 0.483. The highest BCUT2D eigenvalue weighted by Crippen LogP contribution is 2.33. The van der Waals surface area contributed by atoms with Crippen molar-refractivity contribution in [1.82, 2.24) is 14.7 Å². The molecule has 194 valence electrons. The van der Waals surface area contributed by atoms with E-state index in [1.165, 1.54) is 6.07 Å². The molecule has 2 aromatic carbocycles. The second-order valence-electron chi connectivity index (χ2n) is 9.49. The molecule has 0 amide bonds. The Balaban J connectivity index is 1.70. The molecule has 0 spiro atoms. The Morgan fingerprint density at radius 2 is 1.94 bits per heavy atom. The van der Waals surface area contributed by atoms with E-state index in [1.54, 1.807) is 22.9 Å². The summed E-state index contributed by atoms with van der Waals surface area (Å²) < 4.78 is 28.6. The summed E-state index contributed by atoms with van der Waals surface area (Å²) in [6.45, 7) is 6.78. The van der Waals surface area contributed by atoms with E-state index >= 15 is 0 Å². The molecular formula is C29H38FN3O3. The first-order valence-corrected chi connectivity index (χ1v) is 13.2. The van der Waals surface area contributed by atoms with Crippen LogP contribution in [0, 0.1) is 5.82 Å². The van der Waals surface area contributed by atoms with Gasteiger partial charge in [0.2, 0.25) is 5.88 Å². The third-order valence-electron chi connectivity index (χ3n) is 6.63. The van der Waals surface area contributed by atoms with E-state index in [0.29, 0.717) is 25.4 Å². The minimum atomic E-state index is -0.423. The first-order chi connectivity index (χ1) is 17.6. The summed E-state index contributed by atoms with van der Waals surface area (Å²) in [6.07, 6.45) is 5.31. The number of para-hydroxylation sites is 2. The fourth-order valence-electron chi connectivity index (χ4n) is 4.73. The van der Waals surface area contributed by atoms with E-state index in [9.17, 15) is 9.50 Å². The Hall–Kier alpha value is -2.74. The summed E-state index contributed by atoms with van der Waals surface area (Å²) in [6, 6.07) is 16.2. The van der Waals surface area contributed by atoms with Crippen LogP contribution in [0.1, 0.15) is 57.2 Å². The van der Waals surface area contributed by atoms with E-state index in [-0.39, 0.29) is 11.9 Å². The second kappa shape index (κ2) is 13.0. The predicted molar refractivity (Wildman–Crippen MR) is 139 cm³/mol. The molecule has 1 fully saturated rings. The maximum atomic E-state index is 14.6. The molecule has 2 heterocycles. The fourth-order valence-corrected chi connectivity index (χ4v) is 4.73. The number of rotatable bonds is 13. The predicted octanol–water partition coefficient (Wildman–Crippen LogP) is 5.90. The number of aryl methyl sites for hydroxylation is 1. The molecule has 6 nitrogen and oxygen atoms in total. The Labute approximate surface area is 213 Å². The van der Waals surface area contributed by atoms with Crippen molar-refractivity contribution in [3.05, 3.63) is 71.7 Å². The van der Waals surface area contributed by atoms with Gasteiger partial charge in [-0.2, -0.15) is 5.10 Å². The van der Waals surface area contributed by atoms with Crippen LogP contribution >= 0.6 is 0 Å². The lowest BCUT2D eigenvalue weighted by Crippen LogP contribution is -2.37. The van der Waals surface area contributed by atoms with Gasteiger partial charge in [0.05, 0.1) is 29.2 Å². The summed E-state index contributed by atoms with van der Waals surface area (Å²) in [5, 5.41) is 15.7. The number of nitrogens with zero attached hydrogens (tertiary/aromatic N) is 3. The van der Waals surface area contributed by atoms with Crippen molar-refractivity contribution in [3.63, 3.8) is 0 Å². The van der Waals surface area contributed by atoms with Crippen LogP contribution in [-0.2, 0) is 17.7 Å².